The van der Waals surface area contributed by atoms with Crippen LogP contribution in [0.15, 0.2) is 66.7 Å². The van der Waals surface area contributed by atoms with Gasteiger partial charge >= 0.3 is 0 Å². The van der Waals surface area contributed by atoms with Gasteiger partial charge in [-0.05, 0) is 59.9 Å². The number of H-pyrrole nitrogens is 1. The molecule has 6 nitrogen and oxygen atoms in total. The number of imidazole rings is 1. The zero-order chi connectivity index (χ0) is 23.7. The second-order valence-electron chi connectivity index (χ2n) is 8.59. The summed E-state index contributed by atoms with van der Waals surface area (Å²) in [7, 11) is 0. The molecule has 1 unspecified atom stereocenters. The molecule has 0 saturated carbocycles. The summed E-state index contributed by atoms with van der Waals surface area (Å²) < 4.78 is 0. The highest BCUT2D eigenvalue weighted by molar-refractivity contribution is 6.31. The van der Waals surface area contributed by atoms with E-state index in [9.17, 15) is 9.59 Å². The van der Waals surface area contributed by atoms with E-state index in [2.05, 4.69) is 10.3 Å². The summed E-state index contributed by atoms with van der Waals surface area (Å²) in [4.78, 5) is 35.1. The van der Waals surface area contributed by atoms with Gasteiger partial charge in [0, 0.05) is 30.6 Å². The lowest BCUT2D eigenvalue weighted by Crippen LogP contribution is -2.31. The van der Waals surface area contributed by atoms with Crippen molar-refractivity contribution < 1.29 is 9.59 Å². The minimum absolute atomic E-state index is 0.0867. The molecule has 3 aromatic carbocycles. The number of aromatic nitrogens is 2. The fourth-order valence-corrected chi connectivity index (χ4v) is 4.66. The Morgan fingerprint density at radius 2 is 1.76 bits per heavy atom. The van der Waals surface area contributed by atoms with E-state index in [1.54, 1.807) is 13.0 Å². The Labute approximate surface area is 203 Å². The molecule has 1 aliphatic heterocycles. The van der Waals surface area contributed by atoms with E-state index in [1.165, 1.54) is 5.56 Å². The molecular weight excluding hydrogens is 448 g/mol. The van der Waals surface area contributed by atoms with Crippen molar-refractivity contribution in [1.82, 2.24) is 20.2 Å². The first-order valence-corrected chi connectivity index (χ1v) is 11.7. The second kappa shape index (κ2) is 9.31. The summed E-state index contributed by atoms with van der Waals surface area (Å²) in [5, 5.41) is 3.78. The molecule has 0 aliphatic carbocycles. The minimum Gasteiger partial charge on any atom is -0.342 e. The van der Waals surface area contributed by atoms with Crippen molar-refractivity contribution in [1.29, 1.82) is 0 Å². The minimum atomic E-state index is -0.452. The lowest BCUT2D eigenvalue weighted by Gasteiger charge is -2.18. The Kier molecular flexibility index (Phi) is 6.07. The van der Waals surface area contributed by atoms with Gasteiger partial charge in [-0.2, -0.15) is 0 Å². The average Bonchev–Trinajstić information content (AvgIpc) is 3.13. The number of halogens is 1. The van der Waals surface area contributed by atoms with Crippen molar-refractivity contribution in [2.75, 3.05) is 13.1 Å². The maximum absolute atomic E-state index is 13.4. The predicted octanol–water partition coefficient (Wildman–Crippen LogP) is 4.68. The van der Waals surface area contributed by atoms with Crippen molar-refractivity contribution in [3.8, 4) is 0 Å². The molecule has 5 rings (SSSR count). The molecule has 0 saturated heterocycles. The number of nitrogens with zero attached hydrogens (tertiary/aromatic N) is 2. The third-order valence-corrected chi connectivity index (χ3v) is 6.60. The molecule has 2 amide bonds. The first kappa shape index (κ1) is 22.2. The Morgan fingerprint density at radius 1 is 1.00 bits per heavy atom. The second-order valence-corrected chi connectivity index (χ2v) is 9.03. The smallest absolute Gasteiger partial charge is 0.252 e. The zero-order valence-corrected chi connectivity index (χ0v) is 19.6. The van der Waals surface area contributed by atoms with Crippen LogP contribution in [0.5, 0.6) is 0 Å². The van der Waals surface area contributed by atoms with Gasteiger partial charge in [-0.25, -0.2) is 4.98 Å². The monoisotopic (exact) mass is 472 g/mol. The molecule has 4 aromatic rings. The number of fused-ring (bicyclic) bond motifs is 2. The molecule has 1 aliphatic rings. The van der Waals surface area contributed by atoms with Gasteiger partial charge in [0.1, 0.15) is 11.9 Å². The highest BCUT2D eigenvalue weighted by Crippen LogP contribution is 2.25. The summed E-state index contributed by atoms with van der Waals surface area (Å²) in [5.41, 5.74) is 5.43. The van der Waals surface area contributed by atoms with Gasteiger partial charge in [-0.3, -0.25) is 9.59 Å². The van der Waals surface area contributed by atoms with Crippen molar-refractivity contribution in [3.05, 3.63) is 99.8 Å². The lowest BCUT2D eigenvalue weighted by atomic mass is 9.99. The average molecular weight is 473 g/mol. The van der Waals surface area contributed by atoms with Crippen LogP contribution in [-0.4, -0.2) is 39.8 Å². The zero-order valence-electron chi connectivity index (χ0n) is 18.8. The number of rotatable bonds is 4. The van der Waals surface area contributed by atoms with E-state index >= 15 is 0 Å². The van der Waals surface area contributed by atoms with Crippen LogP contribution in [-0.2, 0) is 17.6 Å². The molecule has 172 valence electrons. The Hall–Kier alpha value is -3.64. The van der Waals surface area contributed by atoms with Crippen LogP contribution in [0, 0.1) is 0 Å². The summed E-state index contributed by atoms with van der Waals surface area (Å²) in [5.74, 6) is 0.551. The third-order valence-electron chi connectivity index (χ3n) is 6.36. The number of hydrogen-bond donors (Lipinski definition) is 2. The standard InChI is InChI=1S/C27H25ClN4O2/c1-17(33)32-13-11-18-7-8-21(15-20(18)12-14-32)27(34)31-25(19-5-3-2-4-6-19)26-29-23-10-9-22(28)16-24(23)30-26/h2-10,15-16,25H,11-14H2,1H3,(H,29,30)(H,31,34). The quantitative estimate of drug-likeness (QED) is 0.452. The largest absolute Gasteiger partial charge is 0.342 e. The van der Waals surface area contributed by atoms with E-state index in [4.69, 9.17) is 16.6 Å². The molecule has 1 aromatic heterocycles. The highest BCUT2D eigenvalue weighted by Gasteiger charge is 2.23. The van der Waals surface area contributed by atoms with Gasteiger partial charge in [0.2, 0.25) is 5.91 Å². The summed E-state index contributed by atoms with van der Waals surface area (Å²) in [6.45, 7) is 2.98. The SMILES string of the molecule is CC(=O)N1CCc2ccc(C(=O)NC(c3ccccc3)c3nc4ccc(Cl)cc4[nH]3)cc2CC1. The van der Waals surface area contributed by atoms with Gasteiger partial charge in [0.05, 0.1) is 11.0 Å². The Balaban J connectivity index is 1.44. The molecule has 2 N–H and O–H groups in total. The van der Waals surface area contributed by atoms with Crippen molar-refractivity contribution in [3.63, 3.8) is 0 Å². The number of amides is 2. The molecule has 0 fully saturated rings. The maximum Gasteiger partial charge on any atom is 0.252 e. The first-order chi connectivity index (χ1) is 16.5. The van der Waals surface area contributed by atoms with Crippen LogP contribution in [0.3, 0.4) is 0 Å². The van der Waals surface area contributed by atoms with Gasteiger partial charge in [0.25, 0.3) is 5.91 Å². The normalized spacial score (nSPS) is 14.4. The van der Waals surface area contributed by atoms with Gasteiger partial charge < -0.3 is 15.2 Å². The number of aromatic amines is 1. The van der Waals surface area contributed by atoms with Crippen LogP contribution in [0.4, 0.5) is 0 Å². The number of benzene rings is 3. The van der Waals surface area contributed by atoms with Gasteiger partial charge in [0.15, 0.2) is 0 Å². The van der Waals surface area contributed by atoms with Crippen molar-refractivity contribution >= 4 is 34.4 Å². The van der Waals surface area contributed by atoms with Gasteiger partial charge in [-0.15, -0.1) is 0 Å². The summed E-state index contributed by atoms with van der Waals surface area (Å²) >= 11 is 6.15. The summed E-state index contributed by atoms with van der Waals surface area (Å²) in [6.07, 6.45) is 1.54. The van der Waals surface area contributed by atoms with E-state index < -0.39 is 6.04 Å². The molecule has 1 atom stereocenters. The van der Waals surface area contributed by atoms with Gasteiger partial charge in [-0.1, -0.05) is 48.0 Å². The predicted molar refractivity (Wildman–Crippen MR) is 133 cm³/mol. The van der Waals surface area contributed by atoms with E-state index in [0.717, 1.165) is 35.0 Å². The molecular formula is C27H25ClN4O2. The molecule has 34 heavy (non-hydrogen) atoms. The number of nitrogens with one attached hydrogen (secondary N) is 2. The van der Waals surface area contributed by atoms with Crippen LogP contribution >= 0.6 is 11.6 Å². The fraction of sp³-hybridized carbons (Fsp3) is 0.222. The fourth-order valence-electron chi connectivity index (χ4n) is 4.49. The van der Waals surface area contributed by atoms with Crippen LogP contribution in [0.1, 0.15) is 45.8 Å². The Bertz CT molecular complexity index is 1370. The van der Waals surface area contributed by atoms with Crippen LogP contribution < -0.4 is 5.32 Å². The van der Waals surface area contributed by atoms with Crippen molar-refractivity contribution in [2.45, 2.75) is 25.8 Å². The third kappa shape index (κ3) is 4.54. The van der Waals surface area contributed by atoms with E-state index in [1.807, 2.05) is 65.6 Å². The topological polar surface area (TPSA) is 78.1 Å². The van der Waals surface area contributed by atoms with E-state index in [-0.39, 0.29) is 11.8 Å². The number of carbonyl (C=O) groups is 2. The van der Waals surface area contributed by atoms with Crippen molar-refractivity contribution in [2.24, 2.45) is 0 Å². The number of carbonyl (C=O) groups excluding carboxylic acids is 2. The molecule has 2 heterocycles. The lowest BCUT2D eigenvalue weighted by molar-refractivity contribution is -0.128. The van der Waals surface area contributed by atoms with E-state index in [0.29, 0.717) is 29.5 Å². The number of hydrogen-bond acceptors (Lipinski definition) is 3. The Morgan fingerprint density at radius 3 is 2.53 bits per heavy atom. The first-order valence-electron chi connectivity index (χ1n) is 11.4. The summed E-state index contributed by atoms with van der Waals surface area (Å²) in [6, 6.07) is 20.6. The van der Waals surface area contributed by atoms with Crippen LogP contribution in [0.25, 0.3) is 11.0 Å². The maximum atomic E-state index is 13.4. The molecule has 0 spiro atoms. The highest BCUT2D eigenvalue weighted by atomic mass is 35.5. The van der Waals surface area contributed by atoms with Crippen LogP contribution in [0.2, 0.25) is 5.02 Å². The molecule has 0 radical (unpaired) electrons. The molecule has 0 bridgehead atoms. The molecule has 7 heteroatoms.